The van der Waals surface area contributed by atoms with Crippen LogP contribution in [-0.4, -0.2) is 375 Å². The van der Waals surface area contributed by atoms with E-state index in [4.69, 9.17) is 39.3 Å². The van der Waals surface area contributed by atoms with Gasteiger partial charge in [-0.1, -0.05) is 13.8 Å². The van der Waals surface area contributed by atoms with Crippen molar-refractivity contribution in [3.8, 4) is 0 Å². The molecule has 5 aliphatic rings. The summed E-state index contributed by atoms with van der Waals surface area (Å²) in [4.78, 5) is 178. The highest BCUT2D eigenvalue weighted by Gasteiger charge is 2.55. The van der Waals surface area contributed by atoms with Crippen LogP contribution in [0.5, 0.6) is 0 Å². The number of nitrogens with one attached hydrogen (secondary N) is 10. The van der Waals surface area contributed by atoms with E-state index in [9.17, 15) is 124 Å². The molecular formula is C65H109N13O32. The second-order valence-corrected chi connectivity index (χ2v) is 28.3. The molecule has 0 aromatic carbocycles. The SMILES string of the molecule is CC(=O)N[C@H]1[C@H](OC[C@H]2O[C@H](O[C@H](C)[C@H](NC(=O)[C@@H](N)[C@@H](C)O)C(=O)N[C@H](C(=O)N[C@H](C(=O)N[C@H](C(=O)N3CCC[C@H]3C(=O)N[C@H](C(=O)N3CCC[C@H]3C(=O)N[C@H](C(=O)NCC(=O)O)[C@@H](C)O)[C@@H](C)O)[C@@H](C)O)C(C)C)[C@@H](C)O)[C@H](NC(C)=O)[C@@H](O[C@@H]3O[C@H](CO)[C@@H](O)[C@H](O)[C@H]3NC(C)=O)[C@@H]2O)O[C@H](CO)[C@@H](O)[C@@H]1O. The van der Waals surface area contributed by atoms with E-state index in [1.807, 2.05) is 5.32 Å². The maximum atomic E-state index is 14.9. The number of ether oxygens (including phenoxy) is 6. The summed E-state index contributed by atoms with van der Waals surface area (Å²) < 4.78 is 36.3. The lowest BCUT2D eigenvalue weighted by atomic mass is 9.94. The van der Waals surface area contributed by atoms with E-state index in [2.05, 4.69) is 47.9 Å². The molecule has 0 aromatic heterocycles. The predicted octanol–water partition coefficient (Wildman–Crippen LogP) is -13.7. The molecule has 12 amide bonds. The smallest absolute Gasteiger partial charge is 0.322 e. The summed E-state index contributed by atoms with van der Waals surface area (Å²) in [5.74, 6) is -15.0. The summed E-state index contributed by atoms with van der Waals surface area (Å²) in [5.41, 5.74) is 6.01. The summed E-state index contributed by atoms with van der Waals surface area (Å²) in [6.07, 6.45) is -32.5. The van der Waals surface area contributed by atoms with Crippen molar-refractivity contribution in [2.45, 2.75) is 285 Å². The molecule has 5 fully saturated rings. The van der Waals surface area contributed by atoms with Gasteiger partial charge in [0.25, 0.3) is 0 Å². The van der Waals surface area contributed by atoms with Gasteiger partial charge in [-0.25, -0.2) is 0 Å². The number of carboxylic acid groups (broad SMARTS) is 1. The van der Waals surface area contributed by atoms with Gasteiger partial charge >= 0.3 is 5.97 Å². The molecule has 0 saturated carbocycles. The van der Waals surface area contributed by atoms with Crippen molar-refractivity contribution in [3.63, 3.8) is 0 Å². The van der Waals surface area contributed by atoms with Gasteiger partial charge in [-0.05, 0) is 73.1 Å². The van der Waals surface area contributed by atoms with E-state index in [0.29, 0.717) is 0 Å². The van der Waals surface area contributed by atoms with Crippen LogP contribution in [0.15, 0.2) is 0 Å². The molecule has 0 unspecified atom stereocenters. The molecule has 0 radical (unpaired) electrons. The topological polar surface area (TPSA) is 693 Å². The number of aliphatic hydroxyl groups is 12. The molecule has 5 saturated heterocycles. The van der Waals surface area contributed by atoms with Crippen LogP contribution in [0.4, 0.5) is 0 Å². The number of rotatable bonds is 36. The Morgan fingerprint density at radius 2 is 0.855 bits per heavy atom. The van der Waals surface area contributed by atoms with Crippen LogP contribution >= 0.6 is 0 Å². The molecule has 30 atom stereocenters. The standard InChI is InChI=1S/C65H109N13O32/c1-22(2)39(58(100)75-43(27(7)85)62(104)78-17-13-15-33(78)55(97)74-42(26(6)84)61(103)77-16-12-14-32(77)54(96)72-40(24(4)82)57(99)67-18-37(89)90)71-59(101)41(25(5)83)73-60(102)44(76-56(98)38(66)23(3)81)28(8)106-65-47(70-31(11)88)53(110-64-46(69-30(10)87)52(95)49(92)35(20-80)108-64)50(93)36(109-65)21-105-63-45(68-29(9)86)51(94)48(91)34(19-79)107-63/h22-28,32-36,38-53,63-65,79-85,91-95H,12-21,66H2,1-11H3,(H,67,99)(H,68,86)(H,69,87)(H,70,88)(H,71,101)(H,72,96)(H,73,102)(H,74,97)(H,75,100)(H,76,98)(H,89,90)/t23-,24-,25-,26-,27-,28-,32+,33+,34-,35-,36-,38+,39+,40+,41+,42+,43+,44+,45-,46-,47-,48-,49-,50-,51-,52-,53-,63-,64+,65+/m1/s1. The number of nitrogens with two attached hydrogens (primary N) is 1. The lowest BCUT2D eigenvalue weighted by Crippen LogP contribution is -2.70. The minimum Gasteiger partial charge on any atom is -0.480 e. The summed E-state index contributed by atoms with van der Waals surface area (Å²) in [5, 5.41) is 163. The minimum absolute atomic E-state index is 0.0240. The maximum Gasteiger partial charge on any atom is 0.322 e. The van der Waals surface area contributed by atoms with Crippen molar-refractivity contribution in [1.82, 2.24) is 63.0 Å². The Morgan fingerprint density at radius 3 is 1.30 bits per heavy atom. The Balaban J connectivity index is 1.42. The predicted molar refractivity (Wildman–Crippen MR) is 367 cm³/mol. The Hall–Kier alpha value is -7.65. The fraction of sp³-hybridized carbons (Fsp3) is 0.800. The van der Waals surface area contributed by atoms with Crippen LogP contribution in [0.2, 0.25) is 0 Å². The summed E-state index contributed by atoms with van der Waals surface area (Å²) in [7, 11) is 0. The third kappa shape index (κ3) is 24.2. The van der Waals surface area contributed by atoms with Gasteiger partial charge in [-0.2, -0.15) is 0 Å². The molecular weight excluding hydrogens is 1470 g/mol. The Kier molecular flexibility index (Phi) is 35.3. The fourth-order valence-corrected chi connectivity index (χ4v) is 13.0. The second-order valence-electron chi connectivity index (χ2n) is 28.3. The highest BCUT2D eigenvalue weighted by Crippen LogP contribution is 2.33. The van der Waals surface area contributed by atoms with Gasteiger partial charge in [-0.3, -0.25) is 62.3 Å². The highest BCUT2D eigenvalue weighted by molar-refractivity contribution is 5.99. The molecule has 626 valence electrons. The second kappa shape index (κ2) is 41.8. The van der Waals surface area contributed by atoms with Gasteiger partial charge in [0.1, 0.15) is 134 Å². The largest absolute Gasteiger partial charge is 0.480 e. The van der Waals surface area contributed by atoms with E-state index < -0.39 is 292 Å². The number of aliphatic carboxylic acids is 1. The van der Waals surface area contributed by atoms with Crippen LogP contribution in [-0.2, 0) is 90.8 Å². The van der Waals surface area contributed by atoms with Gasteiger partial charge in [0.05, 0.1) is 56.4 Å². The molecule has 45 nitrogen and oxygen atoms in total. The molecule has 5 heterocycles. The van der Waals surface area contributed by atoms with E-state index in [1.165, 1.54) is 13.8 Å². The third-order valence-corrected chi connectivity index (χ3v) is 19.0. The number of hydrogen-bond donors (Lipinski definition) is 24. The molecule has 5 rings (SSSR count). The number of carboxylic acids is 1. The van der Waals surface area contributed by atoms with Gasteiger partial charge in [0.15, 0.2) is 18.9 Å². The molecule has 0 aliphatic carbocycles. The summed E-state index contributed by atoms with van der Waals surface area (Å²) in [6, 6.07) is -21.0. The first-order valence-corrected chi connectivity index (χ1v) is 35.8. The lowest BCUT2D eigenvalue weighted by Gasteiger charge is -2.49. The average Bonchev–Trinajstić information content (AvgIpc) is 1.05. The number of amides is 12. The zero-order valence-corrected chi connectivity index (χ0v) is 62.5. The summed E-state index contributed by atoms with van der Waals surface area (Å²) in [6.45, 7) is 8.64. The van der Waals surface area contributed by atoms with E-state index >= 15 is 0 Å². The van der Waals surface area contributed by atoms with E-state index in [1.54, 1.807) is 0 Å². The fourth-order valence-electron chi connectivity index (χ4n) is 13.0. The third-order valence-electron chi connectivity index (χ3n) is 19.0. The monoisotopic (exact) mass is 1580 g/mol. The molecule has 0 spiro atoms. The van der Waals surface area contributed by atoms with Crippen LogP contribution in [0, 0.1) is 5.92 Å². The van der Waals surface area contributed by atoms with Crippen molar-refractivity contribution in [1.29, 1.82) is 0 Å². The molecule has 0 bridgehead atoms. The summed E-state index contributed by atoms with van der Waals surface area (Å²) >= 11 is 0. The number of nitrogens with zero attached hydrogens (tertiary/aromatic N) is 2. The highest BCUT2D eigenvalue weighted by atomic mass is 16.7. The van der Waals surface area contributed by atoms with Crippen molar-refractivity contribution in [3.05, 3.63) is 0 Å². The number of hydrogen-bond acceptors (Lipinski definition) is 32. The first-order valence-electron chi connectivity index (χ1n) is 35.8. The first-order chi connectivity index (χ1) is 51.4. The van der Waals surface area contributed by atoms with Crippen molar-refractivity contribution in [2.24, 2.45) is 11.7 Å². The average molecular weight is 1580 g/mol. The lowest BCUT2D eigenvalue weighted by molar-refractivity contribution is -0.339. The van der Waals surface area contributed by atoms with Gasteiger partial charge < -0.3 is 164 Å². The Labute approximate surface area is 631 Å². The Morgan fingerprint density at radius 1 is 0.464 bits per heavy atom. The van der Waals surface area contributed by atoms with Crippen LogP contribution in [0.1, 0.15) is 102 Å². The van der Waals surface area contributed by atoms with E-state index in [-0.39, 0.29) is 38.8 Å². The van der Waals surface area contributed by atoms with Gasteiger partial charge in [-0.15, -0.1) is 0 Å². The Bertz CT molecular complexity index is 3190. The van der Waals surface area contributed by atoms with Gasteiger partial charge in [0.2, 0.25) is 70.9 Å². The normalized spacial score (nSPS) is 30.5. The number of aliphatic hydroxyl groups excluding tert-OH is 12. The van der Waals surface area contributed by atoms with E-state index in [0.717, 1.165) is 72.1 Å². The van der Waals surface area contributed by atoms with Crippen molar-refractivity contribution >= 4 is 76.9 Å². The minimum atomic E-state index is -2.16. The van der Waals surface area contributed by atoms with Crippen molar-refractivity contribution < 1.29 is 157 Å². The van der Waals surface area contributed by atoms with Crippen LogP contribution in [0.25, 0.3) is 0 Å². The molecule has 25 N–H and O–H groups in total. The quantitative estimate of drug-likeness (QED) is 0.0277. The number of likely N-dealkylation sites (tertiary alicyclic amines) is 2. The molecule has 45 heteroatoms. The zero-order valence-electron chi connectivity index (χ0n) is 62.5. The zero-order chi connectivity index (χ0) is 82.9. The van der Waals surface area contributed by atoms with Gasteiger partial charge in [0, 0.05) is 33.9 Å². The molecule has 0 aromatic rings. The molecule has 5 aliphatic heterocycles. The van der Waals surface area contributed by atoms with Crippen LogP contribution < -0.4 is 58.9 Å². The maximum absolute atomic E-state index is 14.9. The number of carbonyl (C=O) groups excluding carboxylic acids is 12. The van der Waals surface area contributed by atoms with Crippen LogP contribution in [0.3, 0.4) is 0 Å². The molecule has 110 heavy (non-hydrogen) atoms. The number of carbonyl (C=O) groups is 13. The van der Waals surface area contributed by atoms with Crippen molar-refractivity contribution in [2.75, 3.05) is 39.5 Å². The first kappa shape index (κ1) is 93.0.